The van der Waals surface area contributed by atoms with Gasteiger partial charge in [-0.05, 0) is 31.2 Å². The molecule has 0 radical (unpaired) electrons. The van der Waals surface area contributed by atoms with E-state index < -0.39 is 27.6 Å². The van der Waals surface area contributed by atoms with Crippen LogP contribution in [0.2, 0.25) is 0 Å². The fourth-order valence-electron chi connectivity index (χ4n) is 3.49. The zero-order valence-corrected chi connectivity index (χ0v) is 18.5. The van der Waals surface area contributed by atoms with Crippen LogP contribution in [0.4, 0.5) is 8.78 Å². The molecule has 33 heavy (non-hydrogen) atoms. The number of amides is 1. The van der Waals surface area contributed by atoms with Gasteiger partial charge in [0.25, 0.3) is 5.91 Å². The molecule has 0 N–H and O–H groups in total. The van der Waals surface area contributed by atoms with Crippen LogP contribution in [0.25, 0.3) is 0 Å². The second-order valence-corrected chi connectivity index (χ2v) is 9.38. The van der Waals surface area contributed by atoms with Crippen molar-refractivity contribution in [3.05, 3.63) is 77.2 Å². The Morgan fingerprint density at radius 1 is 1.09 bits per heavy atom. The van der Waals surface area contributed by atoms with Crippen LogP contribution in [0.15, 0.2) is 57.9 Å². The molecule has 1 saturated heterocycles. The Hall–Kier alpha value is -3.31. The van der Waals surface area contributed by atoms with Gasteiger partial charge in [0.05, 0.1) is 10.5 Å². The topological polar surface area (TPSA) is 93.0 Å². The van der Waals surface area contributed by atoms with Crippen molar-refractivity contribution in [2.45, 2.75) is 18.4 Å². The average molecular weight is 477 g/mol. The summed E-state index contributed by atoms with van der Waals surface area (Å²) in [6.07, 6.45) is 0. The summed E-state index contributed by atoms with van der Waals surface area (Å²) in [7, 11) is -3.65. The molecule has 0 bridgehead atoms. The Morgan fingerprint density at radius 2 is 1.79 bits per heavy atom. The van der Waals surface area contributed by atoms with Crippen LogP contribution in [0.3, 0.4) is 0 Å². The van der Waals surface area contributed by atoms with E-state index in [1.807, 2.05) is 0 Å². The van der Waals surface area contributed by atoms with Gasteiger partial charge in [-0.2, -0.15) is 4.31 Å². The summed E-state index contributed by atoms with van der Waals surface area (Å²) in [5.74, 6) is -1.89. The van der Waals surface area contributed by atoms with Crippen molar-refractivity contribution in [1.82, 2.24) is 14.4 Å². The number of nitrogens with zero attached hydrogens (tertiary/aromatic N) is 3. The maximum atomic E-state index is 13.9. The van der Waals surface area contributed by atoms with Gasteiger partial charge >= 0.3 is 0 Å². The average Bonchev–Trinajstić information content (AvgIpc) is 3.19. The molecule has 3 aromatic rings. The molecule has 0 unspecified atom stereocenters. The highest BCUT2D eigenvalue weighted by Gasteiger charge is 2.32. The van der Waals surface area contributed by atoms with Gasteiger partial charge in [-0.1, -0.05) is 23.4 Å². The number of benzene rings is 2. The summed E-state index contributed by atoms with van der Waals surface area (Å²) in [4.78, 5) is 14.7. The van der Waals surface area contributed by atoms with Gasteiger partial charge in [-0.15, -0.1) is 0 Å². The molecule has 11 heteroatoms. The second-order valence-electron chi connectivity index (χ2n) is 7.44. The fourth-order valence-corrected chi connectivity index (χ4v) is 4.94. The van der Waals surface area contributed by atoms with E-state index in [9.17, 15) is 22.0 Å². The monoisotopic (exact) mass is 477 g/mol. The van der Waals surface area contributed by atoms with E-state index in [1.165, 1.54) is 21.3 Å². The molecule has 2 aromatic carbocycles. The Labute approximate surface area is 189 Å². The lowest BCUT2D eigenvalue weighted by atomic mass is 10.1. The van der Waals surface area contributed by atoms with Crippen LogP contribution >= 0.6 is 0 Å². The lowest BCUT2D eigenvalue weighted by Gasteiger charge is -2.33. The molecule has 0 spiro atoms. The molecule has 1 aromatic heterocycles. The maximum Gasteiger partial charge on any atom is 0.276 e. The molecule has 1 amide bonds. The number of halogens is 2. The molecular weight excluding hydrogens is 456 g/mol. The third kappa shape index (κ3) is 4.74. The quantitative estimate of drug-likeness (QED) is 0.542. The zero-order valence-electron chi connectivity index (χ0n) is 17.7. The lowest BCUT2D eigenvalue weighted by molar-refractivity contribution is 0.0685. The SMILES string of the molecule is Cc1onc(C(=O)N2CCN(S(=O)(=O)c3ccccc3)CC2)c1COc1ccc(F)cc1F. The molecule has 8 nitrogen and oxygen atoms in total. The highest BCUT2D eigenvalue weighted by atomic mass is 32.2. The van der Waals surface area contributed by atoms with Crippen molar-refractivity contribution in [2.75, 3.05) is 26.2 Å². The normalized spacial score (nSPS) is 14.9. The van der Waals surface area contributed by atoms with Crippen molar-refractivity contribution in [2.24, 2.45) is 0 Å². The molecule has 1 aliphatic heterocycles. The van der Waals surface area contributed by atoms with Gasteiger partial charge in [-0.25, -0.2) is 17.2 Å². The summed E-state index contributed by atoms with van der Waals surface area (Å²) >= 11 is 0. The molecule has 2 heterocycles. The minimum atomic E-state index is -3.65. The third-order valence-corrected chi connectivity index (χ3v) is 7.27. The van der Waals surface area contributed by atoms with Crippen LogP contribution in [-0.4, -0.2) is 54.9 Å². The number of hydrogen-bond donors (Lipinski definition) is 0. The van der Waals surface area contributed by atoms with E-state index in [-0.39, 0.29) is 49.1 Å². The molecule has 1 fully saturated rings. The number of sulfonamides is 1. The minimum Gasteiger partial charge on any atom is -0.486 e. The van der Waals surface area contributed by atoms with E-state index in [1.54, 1.807) is 25.1 Å². The molecule has 0 aliphatic carbocycles. The van der Waals surface area contributed by atoms with Gasteiger partial charge in [-0.3, -0.25) is 4.79 Å². The van der Waals surface area contributed by atoms with Gasteiger partial charge in [0.15, 0.2) is 17.3 Å². The Morgan fingerprint density at radius 3 is 2.45 bits per heavy atom. The highest BCUT2D eigenvalue weighted by Crippen LogP contribution is 2.23. The van der Waals surface area contributed by atoms with E-state index in [2.05, 4.69) is 5.16 Å². The molecule has 1 aliphatic rings. The van der Waals surface area contributed by atoms with Crippen molar-refractivity contribution in [3.63, 3.8) is 0 Å². The Balaban J connectivity index is 1.43. The predicted molar refractivity (Wildman–Crippen MR) is 113 cm³/mol. The Kier molecular flexibility index (Phi) is 6.43. The number of hydrogen-bond acceptors (Lipinski definition) is 6. The second kappa shape index (κ2) is 9.28. The number of carbonyl (C=O) groups excluding carboxylic acids is 1. The number of piperazine rings is 1. The number of aromatic nitrogens is 1. The molecule has 0 atom stereocenters. The van der Waals surface area contributed by atoms with Crippen LogP contribution in [0.5, 0.6) is 5.75 Å². The first-order valence-corrected chi connectivity index (χ1v) is 11.6. The van der Waals surface area contributed by atoms with Crippen molar-refractivity contribution in [3.8, 4) is 5.75 Å². The van der Waals surface area contributed by atoms with E-state index in [0.29, 0.717) is 17.4 Å². The van der Waals surface area contributed by atoms with Gasteiger partial charge in [0, 0.05) is 32.2 Å². The highest BCUT2D eigenvalue weighted by molar-refractivity contribution is 7.89. The standard InChI is InChI=1S/C22H21F2N3O5S/c1-15-18(14-31-20-8-7-16(23)13-19(20)24)21(25-32-15)22(28)26-9-11-27(12-10-26)33(29,30)17-5-3-2-4-6-17/h2-8,13H,9-12,14H2,1H3. The number of aryl methyl sites for hydroxylation is 1. The zero-order chi connectivity index (χ0) is 23.6. The minimum absolute atomic E-state index is 0.00869. The third-order valence-electron chi connectivity index (χ3n) is 5.36. The summed E-state index contributed by atoms with van der Waals surface area (Å²) in [6.45, 7) is 1.99. The van der Waals surface area contributed by atoms with E-state index in [4.69, 9.17) is 9.26 Å². The summed E-state index contributed by atoms with van der Waals surface area (Å²) in [5.41, 5.74) is 0.345. The van der Waals surface area contributed by atoms with E-state index >= 15 is 0 Å². The molecule has 4 rings (SSSR count). The van der Waals surface area contributed by atoms with Crippen molar-refractivity contribution < 1.29 is 31.3 Å². The molecular formula is C22H21F2N3O5S. The number of ether oxygens (including phenoxy) is 1. The van der Waals surface area contributed by atoms with Gasteiger partial charge in [0.1, 0.15) is 18.2 Å². The van der Waals surface area contributed by atoms with Crippen LogP contribution in [0, 0.1) is 18.6 Å². The lowest BCUT2D eigenvalue weighted by Crippen LogP contribution is -2.50. The summed E-state index contributed by atoms with van der Waals surface area (Å²) < 4.78 is 64.4. The predicted octanol–water partition coefficient (Wildman–Crippen LogP) is 2.99. The summed E-state index contributed by atoms with van der Waals surface area (Å²) in [5, 5.41) is 3.82. The van der Waals surface area contributed by atoms with E-state index in [0.717, 1.165) is 12.1 Å². The fraction of sp³-hybridized carbons (Fsp3) is 0.273. The number of carbonyl (C=O) groups is 1. The van der Waals surface area contributed by atoms with Crippen LogP contribution < -0.4 is 4.74 Å². The van der Waals surface area contributed by atoms with Crippen molar-refractivity contribution >= 4 is 15.9 Å². The first kappa shape index (κ1) is 22.9. The first-order chi connectivity index (χ1) is 15.8. The van der Waals surface area contributed by atoms with Crippen molar-refractivity contribution in [1.29, 1.82) is 0 Å². The molecule has 0 saturated carbocycles. The summed E-state index contributed by atoms with van der Waals surface area (Å²) in [6, 6.07) is 11.0. The van der Waals surface area contributed by atoms with Gasteiger partial charge in [0.2, 0.25) is 10.0 Å². The Bertz CT molecular complexity index is 1260. The van der Waals surface area contributed by atoms with Crippen LogP contribution in [-0.2, 0) is 16.6 Å². The largest absolute Gasteiger partial charge is 0.486 e. The smallest absolute Gasteiger partial charge is 0.276 e. The molecule has 174 valence electrons. The maximum absolute atomic E-state index is 13.9. The van der Waals surface area contributed by atoms with Gasteiger partial charge < -0.3 is 14.2 Å². The number of rotatable bonds is 6. The van der Waals surface area contributed by atoms with Crippen LogP contribution in [0.1, 0.15) is 21.8 Å². The first-order valence-electron chi connectivity index (χ1n) is 10.1.